The Morgan fingerprint density at radius 1 is 0.911 bits per heavy atom. The van der Waals surface area contributed by atoms with Crippen molar-refractivity contribution in [2.24, 2.45) is 0 Å². The summed E-state index contributed by atoms with van der Waals surface area (Å²) in [5.74, 6) is -0.416. The van der Waals surface area contributed by atoms with Gasteiger partial charge in [0.2, 0.25) is 11.8 Å². The second-order valence-corrected chi connectivity index (χ2v) is 13.1. The van der Waals surface area contributed by atoms with Crippen molar-refractivity contribution < 1.29 is 36.6 Å². The van der Waals surface area contributed by atoms with Gasteiger partial charge < -0.3 is 24.4 Å². The van der Waals surface area contributed by atoms with Crippen LogP contribution in [-0.4, -0.2) is 64.1 Å². The van der Waals surface area contributed by atoms with E-state index >= 15 is 0 Å². The summed E-state index contributed by atoms with van der Waals surface area (Å²) < 4.78 is 59.3. The van der Waals surface area contributed by atoms with E-state index < -0.39 is 45.8 Å². The number of carbonyl (C=O) groups is 2. The van der Waals surface area contributed by atoms with Crippen LogP contribution in [0.2, 0.25) is 0 Å². The highest BCUT2D eigenvalue weighted by Crippen LogP contribution is 2.33. The van der Waals surface area contributed by atoms with E-state index in [2.05, 4.69) is 5.32 Å². The predicted octanol–water partition coefficient (Wildman–Crippen LogP) is 5.16. The number of nitrogens with zero attached hydrogens (tertiary/aromatic N) is 2. The Morgan fingerprint density at radius 2 is 1.53 bits per heavy atom. The molecule has 2 amide bonds. The van der Waals surface area contributed by atoms with Crippen molar-refractivity contribution in [3.8, 4) is 17.2 Å². The molecule has 0 heterocycles. The number of anilines is 1. The summed E-state index contributed by atoms with van der Waals surface area (Å²) in [5, 5.41) is 2.92. The highest BCUT2D eigenvalue weighted by atomic mass is 32.2. The average molecular weight is 644 g/mol. The minimum Gasteiger partial charge on any atom is -0.494 e. The van der Waals surface area contributed by atoms with Crippen LogP contribution in [0.25, 0.3) is 0 Å². The number of methoxy groups -OCH3 is 2. The molecule has 0 aromatic heterocycles. The summed E-state index contributed by atoms with van der Waals surface area (Å²) in [6, 6.07) is 15.1. The van der Waals surface area contributed by atoms with Crippen LogP contribution >= 0.6 is 0 Å². The highest BCUT2D eigenvalue weighted by molar-refractivity contribution is 7.92. The first-order chi connectivity index (χ1) is 21.2. The van der Waals surface area contributed by atoms with Gasteiger partial charge in [0.25, 0.3) is 10.0 Å². The standard InChI is InChI=1S/C33H42FN3O7S/c1-8-28(32(39)35-33(3,4)5)36(21-23-10-12-24(34)13-11-23)31(38)22-37(25-14-16-26(17-15-25)44-9-2)45(40,41)27-18-19-29(42-6)30(20-27)43-7/h10-20,28H,8-9,21-22H2,1-7H3,(H,35,39). The molecule has 0 spiro atoms. The predicted molar refractivity (Wildman–Crippen MR) is 171 cm³/mol. The lowest BCUT2D eigenvalue weighted by Gasteiger charge is -2.34. The summed E-state index contributed by atoms with van der Waals surface area (Å²) in [5.41, 5.74) is 0.192. The largest absolute Gasteiger partial charge is 0.494 e. The molecule has 0 bridgehead atoms. The van der Waals surface area contributed by atoms with Gasteiger partial charge in [-0.25, -0.2) is 12.8 Å². The molecule has 3 aromatic carbocycles. The molecule has 0 radical (unpaired) electrons. The molecule has 244 valence electrons. The molecule has 0 aliphatic rings. The molecule has 1 N–H and O–H groups in total. The zero-order chi connectivity index (χ0) is 33.4. The first kappa shape index (κ1) is 35.2. The number of ether oxygens (including phenoxy) is 3. The molecule has 0 saturated heterocycles. The lowest BCUT2D eigenvalue weighted by Crippen LogP contribution is -2.55. The van der Waals surface area contributed by atoms with Crippen LogP contribution < -0.4 is 23.8 Å². The lowest BCUT2D eigenvalue weighted by molar-refractivity contribution is -0.141. The summed E-state index contributed by atoms with van der Waals surface area (Å²) in [6.07, 6.45) is 0.250. The minimum absolute atomic E-state index is 0.0529. The fourth-order valence-electron chi connectivity index (χ4n) is 4.67. The van der Waals surface area contributed by atoms with Gasteiger partial charge in [-0.1, -0.05) is 19.1 Å². The van der Waals surface area contributed by atoms with Crippen molar-refractivity contribution in [2.75, 3.05) is 31.7 Å². The topological polar surface area (TPSA) is 114 Å². The monoisotopic (exact) mass is 643 g/mol. The number of benzene rings is 3. The maximum Gasteiger partial charge on any atom is 0.264 e. The molecular formula is C33H42FN3O7S. The zero-order valence-electron chi connectivity index (χ0n) is 26.8. The van der Waals surface area contributed by atoms with Crippen LogP contribution in [0.3, 0.4) is 0 Å². The second-order valence-electron chi connectivity index (χ2n) is 11.3. The van der Waals surface area contributed by atoms with Crippen molar-refractivity contribution in [2.45, 2.75) is 64.1 Å². The quantitative estimate of drug-likeness (QED) is 0.258. The molecule has 0 saturated carbocycles. The Hall–Kier alpha value is -4.32. The Labute approximate surface area is 265 Å². The Morgan fingerprint density at radius 3 is 2.07 bits per heavy atom. The molecule has 1 unspecified atom stereocenters. The van der Waals surface area contributed by atoms with Gasteiger partial charge in [-0.2, -0.15) is 0 Å². The first-order valence-corrected chi connectivity index (χ1v) is 16.0. The van der Waals surface area contributed by atoms with Crippen molar-refractivity contribution in [3.05, 3.63) is 78.1 Å². The average Bonchev–Trinajstić information content (AvgIpc) is 2.99. The van der Waals surface area contributed by atoms with Crippen molar-refractivity contribution in [1.29, 1.82) is 0 Å². The van der Waals surface area contributed by atoms with E-state index in [4.69, 9.17) is 14.2 Å². The van der Waals surface area contributed by atoms with Gasteiger partial charge >= 0.3 is 0 Å². The van der Waals surface area contributed by atoms with Crippen molar-refractivity contribution in [3.63, 3.8) is 0 Å². The summed E-state index contributed by atoms with van der Waals surface area (Å²) in [6.45, 7) is 8.80. The first-order valence-electron chi connectivity index (χ1n) is 14.6. The number of nitrogens with one attached hydrogen (secondary N) is 1. The van der Waals surface area contributed by atoms with Gasteiger partial charge in [-0.3, -0.25) is 13.9 Å². The summed E-state index contributed by atoms with van der Waals surface area (Å²) in [7, 11) is -1.54. The van der Waals surface area contributed by atoms with Crippen LogP contribution in [0.4, 0.5) is 10.1 Å². The smallest absolute Gasteiger partial charge is 0.264 e. The van der Waals surface area contributed by atoms with E-state index in [9.17, 15) is 22.4 Å². The van der Waals surface area contributed by atoms with Gasteiger partial charge in [0.1, 0.15) is 24.2 Å². The number of hydrogen-bond donors (Lipinski definition) is 1. The third kappa shape index (κ3) is 9.10. The zero-order valence-corrected chi connectivity index (χ0v) is 27.6. The molecule has 3 rings (SSSR count). The van der Waals surface area contributed by atoms with E-state index in [-0.39, 0.29) is 29.3 Å². The third-order valence-electron chi connectivity index (χ3n) is 6.81. The SMILES string of the molecule is CCOc1ccc(N(CC(=O)N(Cc2ccc(F)cc2)C(CC)C(=O)NC(C)(C)C)S(=O)(=O)c2ccc(OC)c(OC)c2)cc1. The molecule has 0 fully saturated rings. The number of halogens is 1. The maximum atomic E-state index is 14.2. The van der Waals surface area contributed by atoms with Crippen LogP contribution in [0.1, 0.15) is 46.6 Å². The molecule has 10 nitrogen and oxygen atoms in total. The highest BCUT2D eigenvalue weighted by Gasteiger charge is 2.35. The molecule has 45 heavy (non-hydrogen) atoms. The number of sulfonamides is 1. The van der Waals surface area contributed by atoms with Gasteiger partial charge in [0, 0.05) is 18.2 Å². The maximum absolute atomic E-state index is 14.2. The third-order valence-corrected chi connectivity index (χ3v) is 8.58. The number of amides is 2. The second kappa shape index (κ2) is 15.1. The van der Waals surface area contributed by atoms with Crippen LogP contribution in [0, 0.1) is 5.82 Å². The summed E-state index contributed by atoms with van der Waals surface area (Å²) >= 11 is 0. The Balaban J connectivity index is 2.12. The molecule has 0 aliphatic heterocycles. The fraction of sp³-hybridized carbons (Fsp3) is 0.394. The molecule has 3 aromatic rings. The molecule has 0 aliphatic carbocycles. The normalized spacial score (nSPS) is 12.2. The summed E-state index contributed by atoms with van der Waals surface area (Å²) in [4.78, 5) is 28.9. The van der Waals surface area contributed by atoms with Crippen LogP contribution in [0.15, 0.2) is 71.6 Å². The van der Waals surface area contributed by atoms with E-state index in [1.165, 1.54) is 61.6 Å². The van der Waals surface area contributed by atoms with Crippen molar-refractivity contribution >= 4 is 27.5 Å². The number of carbonyl (C=O) groups excluding carboxylic acids is 2. The van der Waals surface area contributed by atoms with Gasteiger partial charge in [-0.15, -0.1) is 0 Å². The number of hydrogen-bond acceptors (Lipinski definition) is 7. The molecular weight excluding hydrogens is 601 g/mol. The van der Waals surface area contributed by atoms with Gasteiger partial charge in [-0.05, 0) is 88.2 Å². The van der Waals surface area contributed by atoms with E-state index in [1.54, 1.807) is 31.2 Å². The van der Waals surface area contributed by atoms with E-state index in [1.807, 2.05) is 27.7 Å². The fourth-order valence-corrected chi connectivity index (χ4v) is 6.10. The van der Waals surface area contributed by atoms with Gasteiger partial charge in [0.15, 0.2) is 11.5 Å². The van der Waals surface area contributed by atoms with E-state index in [0.29, 0.717) is 23.7 Å². The van der Waals surface area contributed by atoms with Gasteiger partial charge in [0.05, 0.1) is 31.4 Å². The molecule has 12 heteroatoms. The van der Waals surface area contributed by atoms with E-state index in [0.717, 1.165) is 4.31 Å². The Kier molecular flexibility index (Phi) is 11.8. The lowest BCUT2D eigenvalue weighted by atomic mass is 10.1. The van der Waals surface area contributed by atoms with Crippen molar-refractivity contribution in [1.82, 2.24) is 10.2 Å². The molecule has 1 atom stereocenters. The number of rotatable bonds is 14. The minimum atomic E-state index is -4.37. The van der Waals surface area contributed by atoms with Crippen LogP contribution in [0.5, 0.6) is 17.2 Å². The van der Waals surface area contributed by atoms with Crippen LogP contribution in [-0.2, 0) is 26.2 Å². The Bertz CT molecular complexity index is 1560.